The molecule has 86 valence electrons. The lowest BCUT2D eigenvalue weighted by atomic mass is 10.1. The summed E-state index contributed by atoms with van der Waals surface area (Å²) in [5, 5.41) is 0. The number of aryl methyl sites for hydroxylation is 2. The molecule has 0 saturated heterocycles. The van der Waals surface area contributed by atoms with Crippen molar-refractivity contribution < 1.29 is 4.42 Å². The molecular weight excluding hydrogens is 286 g/mol. The van der Waals surface area contributed by atoms with E-state index in [9.17, 15) is 0 Å². The van der Waals surface area contributed by atoms with Crippen LogP contribution in [0.2, 0.25) is 0 Å². The molecule has 2 aromatic rings. The summed E-state index contributed by atoms with van der Waals surface area (Å²) in [6, 6.07) is 3.98. The van der Waals surface area contributed by atoms with E-state index in [1.807, 2.05) is 6.07 Å². The summed E-state index contributed by atoms with van der Waals surface area (Å²) in [5.41, 5.74) is 7.34. The molecule has 0 aliphatic heterocycles. The van der Waals surface area contributed by atoms with Gasteiger partial charge in [0, 0.05) is 26.2 Å². The number of hydrogen-bond donors (Lipinski definition) is 1. The standard InChI is InChI=1S/C12H14BrNOS/c1-3-10-8(4-5-15-10)12(14)11-6-9(13)7(2)16-11/h4-6,12H,3,14H2,1-2H3. The highest BCUT2D eigenvalue weighted by molar-refractivity contribution is 9.10. The molecule has 4 heteroatoms. The van der Waals surface area contributed by atoms with Gasteiger partial charge in [0.25, 0.3) is 0 Å². The summed E-state index contributed by atoms with van der Waals surface area (Å²) < 4.78 is 6.54. The maximum absolute atomic E-state index is 6.25. The third kappa shape index (κ3) is 2.10. The molecule has 0 aliphatic rings. The number of furan rings is 1. The third-order valence-electron chi connectivity index (χ3n) is 2.62. The third-order valence-corrected chi connectivity index (χ3v) is 4.84. The van der Waals surface area contributed by atoms with Gasteiger partial charge in [-0.1, -0.05) is 6.92 Å². The predicted octanol–water partition coefficient (Wildman–Crippen LogP) is 4.02. The summed E-state index contributed by atoms with van der Waals surface area (Å²) in [6.45, 7) is 4.16. The highest BCUT2D eigenvalue weighted by Gasteiger charge is 2.17. The van der Waals surface area contributed by atoms with Crippen molar-refractivity contribution in [1.29, 1.82) is 0 Å². The van der Waals surface area contributed by atoms with E-state index in [0.29, 0.717) is 0 Å². The molecular formula is C12H14BrNOS. The van der Waals surface area contributed by atoms with Crippen LogP contribution >= 0.6 is 27.3 Å². The molecule has 1 unspecified atom stereocenters. The first-order valence-electron chi connectivity index (χ1n) is 5.21. The monoisotopic (exact) mass is 299 g/mol. The van der Waals surface area contributed by atoms with Crippen molar-refractivity contribution in [3.05, 3.63) is 43.9 Å². The summed E-state index contributed by atoms with van der Waals surface area (Å²) >= 11 is 5.24. The molecule has 2 N–H and O–H groups in total. The van der Waals surface area contributed by atoms with Crippen LogP contribution in [0.5, 0.6) is 0 Å². The van der Waals surface area contributed by atoms with E-state index in [1.54, 1.807) is 17.6 Å². The van der Waals surface area contributed by atoms with Gasteiger partial charge in [0.2, 0.25) is 0 Å². The van der Waals surface area contributed by atoms with Gasteiger partial charge in [0.05, 0.1) is 12.3 Å². The lowest BCUT2D eigenvalue weighted by Crippen LogP contribution is -2.10. The van der Waals surface area contributed by atoms with Crippen molar-refractivity contribution in [3.8, 4) is 0 Å². The van der Waals surface area contributed by atoms with Gasteiger partial charge in [-0.25, -0.2) is 0 Å². The fourth-order valence-electron chi connectivity index (χ4n) is 1.70. The van der Waals surface area contributed by atoms with Crippen LogP contribution in [0.25, 0.3) is 0 Å². The zero-order chi connectivity index (χ0) is 11.7. The Morgan fingerprint density at radius 3 is 2.88 bits per heavy atom. The molecule has 0 radical (unpaired) electrons. The van der Waals surface area contributed by atoms with Crippen LogP contribution in [0.15, 0.2) is 27.3 Å². The van der Waals surface area contributed by atoms with E-state index in [1.165, 1.54) is 9.75 Å². The van der Waals surface area contributed by atoms with Crippen LogP contribution in [0.1, 0.15) is 34.0 Å². The van der Waals surface area contributed by atoms with Crippen LogP contribution in [-0.2, 0) is 6.42 Å². The average Bonchev–Trinajstić information content (AvgIpc) is 2.85. The molecule has 0 spiro atoms. The largest absolute Gasteiger partial charge is 0.469 e. The number of rotatable bonds is 3. The van der Waals surface area contributed by atoms with E-state index in [4.69, 9.17) is 10.2 Å². The zero-order valence-electron chi connectivity index (χ0n) is 9.29. The van der Waals surface area contributed by atoms with Gasteiger partial charge >= 0.3 is 0 Å². The van der Waals surface area contributed by atoms with Crippen molar-refractivity contribution in [2.24, 2.45) is 5.73 Å². The van der Waals surface area contributed by atoms with Crippen molar-refractivity contribution in [3.63, 3.8) is 0 Å². The number of halogens is 1. The summed E-state index contributed by atoms with van der Waals surface area (Å²) in [7, 11) is 0. The molecule has 2 rings (SSSR count). The van der Waals surface area contributed by atoms with Crippen LogP contribution in [0, 0.1) is 6.92 Å². The Morgan fingerprint density at radius 2 is 2.31 bits per heavy atom. The Labute approximate surface area is 108 Å². The van der Waals surface area contributed by atoms with Gasteiger partial charge in [-0.15, -0.1) is 11.3 Å². The molecule has 2 heterocycles. The molecule has 2 nitrogen and oxygen atoms in total. The van der Waals surface area contributed by atoms with Gasteiger partial charge in [-0.2, -0.15) is 0 Å². The second-order valence-electron chi connectivity index (χ2n) is 3.68. The minimum Gasteiger partial charge on any atom is -0.469 e. The van der Waals surface area contributed by atoms with Crippen LogP contribution in [0.3, 0.4) is 0 Å². The topological polar surface area (TPSA) is 39.2 Å². The highest BCUT2D eigenvalue weighted by Crippen LogP contribution is 2.33. The minimum absolute atomic E-state index is 0.0799. The van der Waals surface area contributed by atoms with E-state index in [0.717, 1.165) is 22.2 Å². The van der Waals surface area contributed by atoms with Crippen molar-refractivity contribution in [1.82, 2.24) is 0 Å². The van der Waals surface area contributed by atoms with Crippen LogP contribution in [-0.4, -0.2) is 0 Å². The van der Waals surface area contributed by atoms with Crippen molar-refractivity contribution in [2.45, 2.75) is 26.3 Å². The summed E-state index contributed by atoms with van der Waals surface area (Å²) in [6.07, 6.45) is 2.59. The Hall–Kier alpha value is -0.580. The fraction of sp³-hybridized carbons (Fsp3) is 0.333. The van der Waals surface area contributed by atoms with Gasteiger partial charge in [-0.3, -0.25) is 0 Å². The SMILES string of the molecule is CCc1occc1C(N)c1cc(Br)c(C)s1. The Kier molecular flexibility index (Phi) is 3.52. The lowest BCUT2D eigenvalue weighted by Gasteiger charge is -2.08. The molecule has 16 heavy (non-hydrogen) atoms. The molecule has 0 fully saturated rings. The number of hydrogen-bond acceptors (Lipinski definition) is 3. The maximum Gasteiger partial charge on any atom is 0.108 e. The Morgan fingerprint density at radius 1 is 1.56 bits per heavy atom. The van der Waals surface area contributed by atoms with E-state index in [2.05, 4.69) is 35.8 Å². The van der Waals surface area contributed by atoms with Crippen molar-refractivity contribution >= 4 is 27.3 Å². The maximum atomic E-state index is 6.25. The van der Waals surface area contributed by atoms with E-state index < -0.39 is 0 Å². The zero-order valence-corrected chi connectivity index (χ0v) is 11.7. The van der Waals surface area contributed by atoms with E-state index in [-0.39, 0.29) is 6.04 Å². The highest BCUT2D eigenvalue weighted by atomic mass is 79.9. The van der Waals surface area contributed by atoms with Crippen LogP contribution in [0.4, 0.5) is 0 Å². The quantitative estimate of drug-likeness (QED) is 0.929. The Balaban J connectivity index is 2.35. The van der Waals surface area contributed by atoms with E-state index >= 15 is 0 Å². The average molecular weight is 300 g/mol. The van der Waals surface area contributed by atoms with Gasteiger partial charge in [0.15, 0.2) is 0 Å². The van der Waals surface area contributed by atoms with Crippen molar-refractivity contribution in [2.75, 3.05) is 0 Å². The molecule has 0 saturated carbocycles. The fourth-order valence-corrected chi connectivity index (χ4v) is 3.28. The molecule has 0 bridgehead atoms. The second-order valence-corrected chi connectivity index (χ2v) is 5.83. The first-order valence-corrected chi connectivity index (χ1v) is 6.82. The first-order chi connectivity index (χ1) is 7.63. The number of nitrogens with two attached hydrogens (primary N) is 1. The Bertz CT molecular complexity index is 469. The lowest BCUT2D eigenvalue weighted by molar-refractivity contribution is 0.509. The second kappa shape index (κ2) is 4.73. The molecule has 0 amide bonds. The van der Waals surface area contributed by atoms with Gasteiger partial charge < -0.3 is 10.2 Å². The number of thiophene rings is 1. The first kappa shape index (κ1) is 11.9. The predicted molar refractivity (Wildman–Crippen MR) is 70.9 cm³/mol. The smallest absolute Gasteiger partial charge is 0.108 e. The van der Waals surface area contributed by atoms with Gasteiger partial charge in [0.1, 0.15) is 5.76 Å². The van der Waals surface area contributed by atoms with Crippen LogP contribution < -0.4 is 5.73 Å². The normalized spacial score (nSPS) is 13.0. The summed E-state index contributed by atoms with van der Waals surface area (Å²) in [5.74, 6) is 0.981. The summed E-state index contributed by atoms with van der Waals surface area (Å²) in [4.78, 5) is 2.42. The molecule has 1 atom stereocenters. The van der Waals surface area contributed by atoms with Gasteiger partial charge in [-0.05, 0) is 35.0 Å². The molecule has 2 aromatic heterocycles. The minimum atomic E-state index is -0.0799. The molecule has 0 aliphatic carbocycles. The molecule has 0 aromatic carbocycles.